The summed E-state index contributed by atoms with van der Waals surface area (Å²) in [5.74, 6) is 0.383. The van der Waals surface area contributed by atoms with Crippen molar-refractivity contribution < 1.29 is 4.79 Å². The molecule has 0 bridgehead atoms. The van der Waals surface area contributed by atoms with Gasteiger partial charge < -0.3 is 10.2 Å². The Hall–Kier alpha value is -0.570. The van der Waals surface area contributed by atoms with Gasteiger partial charge >= 0.3 is 0 Å². The summed E-state index contributed by atoms with van der Waals surface area (Å²) in [4.78, 5) is 14.5. The molecule has 3 heteroatoms. The van der Waals surface area contributed by atoms with Crippen molar-refractivity contribution >= 4 is 5.91 Å². The third-order valence-electron chi connectivity index (χ3n) is 4.25. The Morgan fingerprint density at radius 3 is 2.35 bits per heavy atom. The number of unbranched alkanes of at least 4 members (excludes halogenated alkanes) is 6. The maximum absolute atomic E-state index is 12.4. The van der Waals surface area contributed by atoms with E-state index < -0.39 is 0 Å². The van der Waals surface area contributed by atoms with Crippen LogP contribution in [0.15, 0.2) is 0 Å². The molecular weight excluding hydrogens is 248 g/mol. The van der Waals surface area contributed by atoms with Crippen molar-refractivity contribution in [1.82, 2.24) is 10.2 Å². The van der Waals surface area contributed by atoms with E-state index in [0.29, 0.717) is 11.9 Å². The van der Waals surface area contributed by atoms with E-state index in [9.17, 15) is 4.79 Å². The lowest BCUT2D eigenvalue weighted by molar-refractivity contribution is -0.133. The van der Waals surface area contributed by atoms with Gasteiger partial charge in [0.05, 0.1) is 0 Å². The lowest BCUT2D eigenvalue weighted by atomic mass is 10.1. The average Bonchev–Trinajstić information content (AvgIpc) is 2.97. The fraction of sp³-hybridized carbons (Fsp3) is 0.941. The molecule has 0 spiro atoms. The highest BCUT2D eigenvalue weighted by Crippen LogP contribution is 2.14. The molecule has 1 N–H and O–H groups in total. The van der Waals surface area contributed by atoms with Gasteiger partial charge in [-0.25, -0.2) is 0 Å². The number of nitrogens with one attached hydrogen (secondary N) is 1. The van der Waals surface area contributed by atoms with Crippen LogP contribution >= 0.6 is 0 Å². The van der Waals surface area contributed by atoms with Crippen molar-refractivity contribution in [3.63, 3.8) is 0 Å². The first-order valence-electron chi connectivity index (χ1n) is 8.79. The molecule has 0 aromatic rings. The molecule has 118 valence electrons. The molecule has 0 saturated carbocycles. The van der Waals surface area contributed by atoms with Gasteiger partial charge in [-0.05, 0) is 25.8 Å². The molecule has 0 aromatic carbocycles. The summed E-state index contributed by atoms with van der Waals surface area (Å²) in [6, 6.07) is 0.451. The highest BCUT2D eigenvalue weighted by atomic mass is 16.2. The topological polar surface area (TPSA) is 32.3 Å². The quantitative estimate of drug-likeness (QED) is 0.586. The molecule has 1 aliphatic heterocycles. The standard InChI is InChI=1S/C17H34N2O/c1-3-5-6-7-8-9-10-11-17(20)19(14-4-2)16-12-13-18-15-16/h16,18H,3-15H2,1-2H3. The Labute approximate surface area is 125 Å². The summed E-state index contributed by atoms with van der Waals surface area (Å²) < 4.78 is 0. The number of amides is 1. The lowest BCUT2D eigenvalue weighted by Gasteiger charge is -2.28. The normalized spacial score (nSPS) is 18.4. The second kappa shape index (κ2) is 11.1. The second-order valence-electron chi connectivity index (χ2n) is 6.11. The molecule has 1 saturated heterocycles. The number of nitrogens with zero attached hydrogens (tertiary/aromatic N) is 1. The van der Waals surface area contributed by atoms with Crippen LogP contribution in [0.5, 0.6) is 0 Å². The van der Waals surface area contributed by atoms with E-state index in [4.69, 9.17) is 0 Å². The van der Waals surface area contributed by atoms with E-state index in [1.54, 1.807) is 0 Å². The maximum atomic E-state index is 12.4. The smallest absolute Gasteiger partial charge is 0.222 e. The zero-order valence-electron chi connectivity index (χ0n) is 13.6. The molecule has 3 nitrogen and oxygen atoms in total. The van der Waals surface area contributed by atoms with Gasteiger partial charge in [0, 0.05) is 25.6 Å². The largest absolute Gasteiger partial charge is 0.338 e. The fourth-order valence-electron chi connectivity index (χ4n) is 3.03. The maximum Gasteiger partial charge on any atom is 0.222 e. The van der Waals surface area contributed by atoms with Crippen molar-refractivity contribution in [2.75, 3.05) is 19.6 Å². The molecule has 1 atom stereocenters. The van der Waals surface area contributed by atoms with Crippen LogP contribution in [0, 0.1) is 0 Å². The second-order valence-corrected chi connectivity index (χ2v) is 6.11. The number of rotatable bonds is 11. The first-order chi connectivity index (χ1) is 9.79. The van der Waals surface area contributed by atoms with Gasteiger partial charge in [-0.3, -0.25) is 4.79 Å². The van der Waals surface area contributed by atoms with Gasteiger partial charge in [0.25, 0.3) is 0 Å². The number of carbonyl (C=O) groups excluding carboxylic acids is 1. The van der Waals surface area contributed by atoms with Crippen LogP contribution in [0.2, 0.25) is 0 Å². The molecule has 1 rings (SSSR count). The Morgan fingerprint density at radius 2 is 1.75 bits per heavy atom. The van der Waals surface area contributed by atoms with Crippen LogP contribution < -0.4 is 5.32 Å². The summed E-state index contributed by atoms with van der Waals surface area (Å²) >= 11 is 0. The number of carbonyl (C=O) groups is 1. The SMILES string of the molecule is CCCCCCCCCC(=O)N(CCC)C1CCNC1. The van der Waals surface area contributed by atoms with Crippen molar-refractivity contribution in [2.45, 2.75) is 84.1 Å². The Kier molecular flexibility index (Phi) is 9.73. The minimum atomic E-state index is 0.383. The summed E-state index contributed by atoms with van der Waals surface area (Å²) in [5.41, 5.74) is 0. The van der Waals surface area contributed by atoms with E-state index >= 15 is 0 Å². The van der Waals surface area contributed by atoms with Crippen molar-refractivity contribution in [2.24, 2.45) is 0 Å². The Balaban J connectivity index is 2.14. The van der Waals surface area contributed by atoms with E-state index in [-0.39, 0.29) is 0 Å². The Bertz CT molecular complexity index is 249. The summed E-state index contributed by atoms with van der Waals surface area (Å²) in [6.07, 6.45) is 11.9. The molecule has 20 heavy (non-hydrogen) atoms. The number of hydrogen-bond acceptors (Lipinski definition) is 2. The molecule has 0 aliphatic carbocycles. The molecule has 1 amide bonds. The van der Waals surface area contributed by atoms with Crippen LogP contribution in [0.4, 0.5) is 0 Å². The van der Waals surface area contributed by atoms with Gasteiger partial charge in [0.2, 0.25) is 5.91 Å². The zero-order valence-corrected chi connectivity index (χ0v) is 13.6. The lowest BCUT2D eigenvalue weighted by Crippen LogP contribution is -2.41. The van der Waals surface area contributed by atoms with Crippen LogP contribution in [-0.2, 0) is 4.79 Å². The molecule has 0 radical (unpaired) electrons. The fourth-order valence-corrected chi connectivity index (χ4v) is 3.03. The first kappa shape index (κ1) is 17.5. The van der Waals surface area contributed by atoms with Crippen molar-refractivity contribution in [3.05, 3.63) is 0 Å². The first-order valence-corrected chi connectivity index (χ1v) is 8.79. The van der Waals surface area contributed by atoms with Crippen LogP contribution in [0.25, 0.3) is 0 Å². The van der Waals surface area contributed by atoms with E-state index in [2.05, 4.69) is 24.1 Å². The van der Waals surface area contributed by atoms with Crippen LogP contribution in [0.3, 0.4) is 0 Å². The van der Waals surface area contributed by atoms with Crippen molar-refractivity contribution in [1.29, 1.82) is 0 Å². The van der Waals surface area contributed by atoms with E-state index in [0.717, 1.165) is 45.3 Å². The van der Waals surface area contributed by atoms with Crippen LogP contribution in [0.1, 0.15) is 78.1 Å². The molecule has 1 unspecified atom stereocenters. The van der Waals surface area contributed by atoms with Gasteiger partial charge in [-0.15, -0.1) is 0 Å². The summed E-state index contributed by atoms with van der Waals surface area (Å²) in [6.45, 7) is 7.40. The summed E-state index contributed by atoms with van der Waals surface area (Å²) in [5, 5.41) is 3.37. The molecule has 1 fully saturated rings. The minimum absolute atomic E-state index is 0.383. The molecular formula is C17H34N2O. The van der Waals surface area contributed by atoms with Gasteiger partial charge in [-0.1, -0.05) is 52.4 Å². The highest BCUT2D eigenvalue weighted by molar-refractivity contribution is 5.76. The summed E-state index contributed by atoms with van der Waals surface area (Å²) in [7, 11) is 0. The van der Waals surface area contributed by atoms with E-state index in [1.165, 1.54) is 38.5 Å². The number of hydrogen-bond donors (Lipinski definition) is 1. The third-order valence-corrected chi connectivity index (χ3v) is 4.25. The minimum Gasteiger partial charge on any atom is -0.338 e. The average molecular weight is 282 g/mol. The molecule has 1 aliphatic rings. The zero-order chi connectivity index (χ0) is 14.6. The monoisotopic (exact) mass is 282 g/mol. The predicted molar refractivity (Wildman–Crippen MR) is 85.9 cm³/mol. The highest BCUT2D eigenvalue weighted by Gasteiger charge is 2.25. The van der Waals surface area contributed by atoms with Crippen LogP contribution in [-0.4, -0.2) is 36.5 Å². The van der Waals surface area contributed by atoms with Gasteiger partial charge in [-0.2, -0.15) is 0 Å². The third kappa shape index (κ3) is 6.74. The predicted octanol–water partition coefficient (Wildman–Crippen LogP) is 3.73. The Morgan fingerprint density at radius 1 is 1.05 bits per heavy atom. The van der Waals surface area contributed by atoms with Gasteiger partial charge in [0.15, 0.2) is 0 Å². The van der Waals surface area contributed by atoms with Gasteiger partial charge in [0.1, 0.15) is 0 Å². The molecule has 1 heterocycles. The van der Waals surface area contributed by atoms with E-state index in [1.807, 2.05) is 0 Å². The van der Waals surface area contributed by atoms with Crippen molar-refractivity contribution in [3.8, 4) is 0 Å². The molecule has 0 aromatic heterocycles.